The molecule has 2 aromatic carbocycles. The van der Waals surface area contributed by atoms with Gasteiger partial charge < -0.3 is 14.5 Å². The Balaban J connectivity index is 1.69. The molecule has 26 heavy (non-hydrogen) atoms. The quantitative estimate of drug-likeness (QED) is 0.692. The fourth-order valence-corrected chi connectivity index (χ4v) is 2.76. The van der Waals surface area contributed by atoms with Gasteiger partial charge in [-0.15, -0.1) is 0 Å². The van der Waals surface area contributed by atoms with Crippen LogP contribution in [0, 0.1) is 13.8 Å². The monoisotopic (exact) mass is 351 g/mol. The van der Waals surface area contributed by atoms with Gasteiger partial charge in [0.25, 0.3) is 0 Å². The van der Waals surface area contributed by atoms with Crippen molar-refractivity contribution >= 4 is 28.5 Å². The number of fused-ring (bicyclic) bond motifs is 1. The van der Waals surface area contributed by atoms with Gasteiger partial charge in [-0.1, -0.05) is 0 Å². The number of carbonyl (C=O) groups excluding carboxylic acids is 2. The summed E-state index contributed by atoms with van der Waals surface area (Å²) in [5, 5.41) is 3.80. The van der Waals surface area contributed by atoms with Crippen molar-refractivity contribution in [2.75, 3.05) is 11.9 Å². The maximum Gasteiger partial charge on any atom is 0.338 e. The number of hydrogen-bond donors (Lipinski definition) is 1. The number of esters is 1. The highest BCUT2D eigenvalue weighted by Crippen LogP contribution is 2.25. The Kier molecular flexibility index (Phi) is 5.07. The number of ether oxygens (including phenoxy) is 1. The van der Waals surface area contributed by atoms with Gasteiger partial charge in [-0.25, -0.2) is 4.79 Å². The minimum atomic E-state index is -0.374. The van der Waals surface area contributed by atoms with Crippen molar-refractivity contribution in [3.05, 3.63) is 64.9 Å². The normalized spacial score (nSPS) is 10.7. The van der Waals surface area contributed by atoms with E-state index in [1.807, 2.05) is 26.0 Å². The molecule has 0 unspecified atom stereocenters. The Morgan fingerprint density at radius 2 is 1.77 bits per heavy atom. The van der Waals surface area contributed by atoms with Crippen LogP contribution in [0.15, 0.2) is 47.1 Å². The van der Waals surface area contributed by atoms with Crippen LogP contribution in [-0.2, 0) is 16.0 Å². The van der Waals surface area contributed by atoms with Crippen LogP contribution in [-0.4, -0.2) is 18.5 Å². The number of benzene rings is 2. The zero-order chi connectivity index (χ0) is 18.7. The summed E-state index contributed by atoms with van der Waals surface area (Å²) < 4.78 is 10.5. The molecule has 0 aliphatic rings. The first-order valence-corrected chi connectivity index (χ1v) is 8.52. The fourth-order valence-electron chi connectivity index (χ4n) is 2.76. The molecule has 1 amide bonds. The van der Waals surface area contributed by atoms with Gasteiger partial charge in [0, 0.05) is 16.6 Å². The van der Waals surface area contributed by atoms with Crippen LogP contribution in [0.25, 0.3) is 11.0 Å². The molecule has 1 N–H and O–H groups in total. The van der Waals surface area contributed by atoms with Crippen LogP contribution < -0.4 is 5.32 Å². The Hall–Kier alpha value is -3.08. The van der Waals surface area contributed by atoms with E-state index in [4.69, 9.17) is 9.15 Å². The second-order valence-corrected chi connectivity index (χ2v) is 6.22. The van der Waals surface area contributed by atoms with E-state index < -0.39 is 0 Å². The molecule has 0 saturated heterocycles. The zero-order valence-corrected chi connectivity index (χ0v) is 15.1. The molecule has 0 aliphatic heterocycles. The second-order valence-electron chi connectivity index (χ2n) is 6.22. The summed E-state index contributed by atoms with van der Waals surface area (Å²) >= 11 is 0. The van der Waals surface area contributed by atoms with E-state index in [1.165, 1.54) is 0 Å². The molecule has 5 heteroatoms. The molecule has 3 rings (SSSR count). The van der Waals surface area contributed by atoms with Crippen LogP contribution in [0.1, 0.15) is 34.0 Å². The van der Waals surface area contributed by atoms with Crippen molar-refractivity contribution < 1.29 is 18.7 Å². The van der Waals surface area contributed by atoms with Gasteiger partial charge in [0.1, 0.15) is 5.58 Å². The van der Waals surface area contributed by atoms with Crippen LogP contribution in [0.3, 0.4) is 0 Å². The highest BCUT2D eigenvalue weighted by molar-refractivity contribution is 5.96. The molecule has 0 radical (unpaired) electrons. The third kappa shape index (κ3) is 3.77. The Labute approximate surface area is 152 Å². The molecule has 0 fully saturated rings. The van der Waals surface area contributed by atoms with Crippen molar-refractivity contribution in [3.63, 3.8) is 0 Å². The largest absolute Gasteiger partial charge is 0.464 e. The molecule has 1 aromatic heterocycles. The Morgan fingerprint density at radius 1 is 1.08 bits per heavy atom. The average Bonchev–Trinajstić information content (AvgIpc) is 2.98. The lowest BCUT2D eigenvalue weighted by molar-refractivity contribution is -0.115. The molecular weight excluding hydrogens is 330 g/mol. The van der Waals surface area contributed by atoms with Crippen LogP contribution in [0.4, 0.5) is 5.69 Å². The molecule has 0 saturated carbocycles. The summed E-state index contributed by atoms with van der Waals surface area (Å²) in [4.78, 5) is 24.0. The molecule has 0 bridgehead atoms. The number of furan rings is 1. The first kappa shape index (κ1) is 17.7. The van der Waals surface area contributed by atoms with E-state index in [9.17, 15) is 9.59 Å². The summed E-state index contributed by atoms with van der Waals surface area (Å²) in [7, 11) is 0. The lowest BCUT2D eigenvalue weighted by Gasteiger charge is -2.06. The van der Waals surface area contributed by atoms with E-state index in [-0.39, 0.29) is 18.3 Å². The minimum absolute atomic E-state index is 0.144. The van der Waals surface area contributed by atoms with Crippen molar-refractivity contribution in [3.8, 4) is 0 Å². The third-order valence-electron chi connectivity index (χ3n) is 4.30. The topological polar surface area (TPSA) is 68.5 Å². The third-order valence-corrected chi connectivity index (χ3v) is 4.30. The molecule has 0 spiro atoms. The van der Waals surface area contributed by atoms with Crippen molar-refractivity contribution in [2.24, 2.45) is 0 Å². The van der Waals surface area contributed by atoms with Crippen molar-refractivity contribution in [2.45, 2.75) is 27.2 Å². The van der Waals surface area contributed by atoms with Crippen LogP contribution >= 0.6 is 0 Å². The summed E-state index contributed by atoms with van der Waals surface area (Å²) in [6, 6.07) is 10.7. The van der Waals surface area contributed by atoms with Gasteiger partial charge in [0.05, 0.1) is 24.9 Å². The zero-order valence-electron chi connectivity index (χ0n) is 15.1. The Morgan fingerprint density at radius 3 is 2.46 bits per heavy atom. The first-order chi connectivity index (χ1) is 12.5. The molecular formula is C21H21NO4. The lowest BCUT2D eigenvalue weighted by atomic mass is 10.0. The molecule has 5 nitrogen and oxygen atoms in total. The highest BCUT2D eigenvalue weighted by Gasteiger charge is 2.12. The number of carbonyl (C=O) groups is 2. The predicted octanol–water partition coefficient (Wildman–Crippen LogP) is 4.41. The standard InChI is InChI=1S/C21H21NO4/c1-4-25-21(24)15-5-7-17(8-6-15)22-20(23)11-16-12-26-19-10-14(3)13(2)9-18(16)19/h5-10,12H,4,11H2,1-3H3,(H,22,23). The molecule has 0 aliphatic carbocycles. The van der Waals surface area contributed by atoms with E-state index >= 15 is 0 Å². The SMILES string of the molecule is CCOC(=O)c1ccc(NC(=O)Cc2coc3cc(C)c(C)cc23)cc1. The van der Waals surface area contributed by atoms with Crippen LogP contribution in [0.2, 0.25) is 0 Å². The van der Waals surface area contributed by atoms with Gasteiger partial charge in [-0.2, -0.15) is 0 Å². The smallest absolute Gasteiger partial charge is 0.338 e. The number of nitrogens with one attached hydrogen (secondary N) is 1. The van der Waals surface area contributed by atoms with Gasteiger partial charge >= 0.3 is 5.97 Å². The van der Waals surface area contributed by atoms with Crippen molar-refractivity contribution in [1.29, 1.82) is 0 Å². The van der Waals surface area contributed by atoms with E-state index in [0.29, 0.717) is 17.9 Å². The molecule has 3 aromatic rings. The van der Waals surface area contributed by atoms with Crippen LogP contribution in [0.5, 0.6) is 0 Å². The van der Waals surface area contributed by atoms with Gasteiger partial charge in [0.2, 0.25) is 5.91 Å². The number of hydrogen-bond acceptors (Lipinski definition) is 4. The van der Waals surface area contributed by atoms with E-state index in [0.717, 1.165) is 27.7 Å². The summed E-state index contributed by atoms with van der Waals surface area (Å²) in [6.07, 6.45) is 1.85. The summed E-state index contributed by atoms with van der Waals surface area (Å²) in [6.45, 7) is 6.16. The number of anilines is 1. The summed E-state index contributed by atoms with van der Waals surface area (Å²) in [5.41, 5.74) is 5.04. The highest BCUT2D eigenvalue weighted by atomic mass is 16.5. The lowest BCUT2D eigenvalue weighted by Crippen LogP contribution is -2.14. The number of amides is 1. The Bertz CT molecular complexity index is 954. The average molecular weight is 351 g/mol. The molecule has 1 heterocycles. The summed E-state index contributed by atoms with van der Waals surface area (Å²) in [5.74, 6) is -0.518. The van der Waals surface area contributed by atoms with Gasteiger partial charge in [-0.05, 0) is 68.3 Å². The van der Waals surface area contributed by atoms with Gasteiger partial charge in [0.15, 0.2) is 0 Å². The first-order valence-electron chi connectivity index (χ1n) is 8.52. The van der Waals surface area contributed by atoms with Gasteiger partial charge in [-0.3, -0.25) is 4.79 Å². The minimum Gasteiger partial charge on any atom is -0.464 e. The second kappa shape index (κ2) is 7.44. The van der Waals surface area contributed by atoms with Crippen molar-refractivity contribution in [1.82, 2.24) is 0 Å². The molecule has 0 atom stereocenters. The maximum absolute atomic E-state index is 12.4. The van der Waals surface area contributed by atoms with E-state index in [1.54, 1.807) is 37.5 Å². The number of aryl methyl sites for hydroxylation is 2. The maximum atomic E-state index is 12.4. The fraction of sp³-hybridized carbons (Fsp3) is 0.238. The predicted molar refractivity (Wildman–Crippen MR) is 100 cm³/mol. The molecule has 134 valence electrons. The van der Waals surface area contributed by atoms with E-state index in [2.05, 4.69) is 5.32 Å². The number of rotatable bonds is 5.